The first-order chi connectivity index (χ1) is 7.87. The van der Waals surface area contributed by atoms with Crippen molar-refractivity contribution in [1.29, 1.82) is 0 Å². The molecule has 4 nitrogen and oxygen atoms in total. The van der Waals surface area contributed by atoms with Crippen molar-refractivity contribution >= 4 is 20.1 Å². The molecule has 2 unspecified atom stereocenters. The SMILES string of the molecule is CC1=[N+]2C(=O)CCCC2CC(O[Si](C)(C)C)O1. The summed E-state index contributed by atoms with van der Waals surface area (Å²) < 4.78 is 13.6. The topological polar surface area (TPSA) is 38.5 Å². The molecule has 1 amide bonds. The van der Waals surface area contributed by atoms with Gasteiger partial charge in [-0.3, -0.25) is 0 Å². The van der Waals surface area contributed by atoms with Crippen LogP contribution in [0.5, 0.6) is 0 Å². The Labute approximate surface area is 104 Å². The van der Waals surface area contributed by atoms with Gasteiger partial charge in [0.2, 0.25) is 6.29 Å². The van der Waals surface area contributed by atoms with Crippen LogP contribution in [0.2, 0.25) is 19.6 Å². The predicted octanol–water partition coefficient (Wildman–Crippen LogP) is 2.09. The summed E-state index contributed by atoms with van der Waals surface area (Å²) in [4.78, 5) is 11.8. The Balaban J connectivity index is 2.13. The molecule has 0 bridgehead atoms. The molecule has 0 aromatic carbocycles. The molecule has 1 fully saturated rings. The van der Waals surface area contributed by atoms with Crippen LogP contribution in [0.15, 0.2) is 0 Å². The van der Waals surface area contributed by atoms with Gasteiger partial charge >= 0.3 is 11.8 Å². The lowest BCUT2D eigenvalue weighted by Crippen LogP contribution is -2.49. The highest BCUT2D eigenvalue weighted by atomic mass is 28.4. The maximum absolute atomic E-state index is 11.8. The molecule has 0 radical (unpaired) electrons. The van der Waals surface area contributed by atoms with Crippen molar-refractivity contribution in [1.82, 2.24) is 0 Å². The highest BCUT2D eigenvalue weighted by molar-refractivity contribution is 6.69. The lowest BCUT2D eigenvalue weighted by Gasteiger charge is -2.32. The first-order valence-electron chi connectivity index (χ1n) is 6.37. The number of carbonyl (C=O) groups excluding carboxylic acids is 1. The summed E-state index contributed by atoms with van der Waals surface area (Å²) in [7, 11) is -1.59. The van der Waals surface area contributed by atoms with E-state index in [-0.39, 0.29) is 18.2 Å². The van der Waals surface area contributed by atoms with Crippen molar-refractivity contribution in [3.8, 4) is 0 Å². The van der Waals surface area contributed by atoms with Crippen LogP contribution in [0.3, 0.4) is 0 Å². The van der Waals surface area contributed by atoms with E-state index in [4.69, 9.17) is 9.16 Å². The zero-order chi connectivity index (χ0) is 12.6. The molecule has 0 spiro atoms. The highest BCUT2D eigenvalue weighted by Gasteiger charge is 2.43. The molecule has 0 aromatic heterocycles. The molecule has 17 heavy (non-hydrogen) atoms. The Kier molecular flexibility index (Phi) is 3.40. The minimum Gasteiger partial charge on any atom is -0.419 e. The minimum atomic E-state index is -1.59. The molecule has 0 aliphatic carbocycles. The van der Waals surface area contributed by atoms with E-state index in [1.54, 1.807) is 0 Å². The third-order valence-electron chi connectivity index (χ3n) is 3.15. The summed E-state index contributed by atoms with van der Waals surface area (Å²) in [5.41, 5.74) is 0. The van der Waals surface area contributed by atoms with E-state index >= 15 is 0 Å². The second kappa shape index (κ2) is 4.53. The number of nitrogens with zero attached hydrogens (tertiary/aromatic N) is 1. The van der Waals surface area contributed by atoms with Crippen LogP contribution >= 0.6 is 0 Å². The number of amides is 1. The second-order valence-corrected chi connectivity index (χ2v) is 10.3. The largest absolute Gasteiger partial charge is 0.419 e. The van der Waals surface area contributed by atoms with Crippen molar-refractivity contribution in [2.45, 2.75) is 64.6 Å². The molecule has 0 saturated carbocycles. The highest BCUT2D eigenvalue weighted by Crippen LogP contribution is 2.25. The van der Waals surface area contributed by atoms with Crippen molar-refractivity contribution in [3.63, 3.8) is 0 Å². The lowest BCUT2D eigenvalue weighted by molar-refractivity contribution is -0.522. The van der Waals surface area contributed by atoms with Crippen molar-refractivity contribution < 1.29 is 18.5 Å². The second-order valence-electron chi connectivity index (χ2n) is 5.84. The Morgan fingerprint density at radius 2 is 2.12 bits per heavy atom. The molecule has 5 heteroatoms. The Morgan fingerprint density at radius 1 is 1.41 bits per heavy atom. The van der Waals surface area contributed by atoms with E-state index in [0.717, 1.165) is 19.3 Å². The maximum Gasteiger partial charge on any atom is 0.389 e. The number of fused-ring (bicyclic) bond motifs is 1. The van der Waals surface area contributed by atoms with Crippen LogP contribution in [-0.4, -0.2) is 37.0 Å². The van der Waals surface area contributed by atoms with Crippen molar-refractivity contribution in [3.05, 3.63) is 0 Å². The number of ether oxygens (including phenoxy) is 1. The van der Waals surface area contributed by atoms with Gasteiger partial charge in [-0.25, -0.2) is 4.79 Å². The fourth-order valence-corrected chi connectivity index (χ4v) is 3.51. The Hall–Kier alpha value is -0.683. The van der Waals surface area contributed by atoms with Crippen LogP contribution in [0, 0.1) is 0 Å². The van der Waals surface area contributed by atoms with E-state index in [0.29, 0.717) is 12.3 Å². The van der Waals surface area contributed by atoms with Crippen LogP contribution in [-0.2, 0) is 14.0 Å². The molecule has 0 N–H and O–H groups in total. The monoisotopic (exact) mass is 256 g/mol. The molecule has 2 aliphatic heterocycles. The van der Waals surface area contributed by atoms with E-state index in [2.05, 4.69) is 19.6 Å². The zero-order valence-electron chi connectivity index (χ0n) is 11.2. The van der Waals surface area contributed by atoms with Gasteiger partial charge in [-0.1, -0.05) is 0 Å². The van der Waals surface area contributed by atoms with Gasteiger partial charge in [0.1, 0.15) is 0 Å². The molecule has 96 valence electrons. The summed E-state index contributed by atoms with van der Waals surface area (Å²) in [5, 5.41) is 0. The number of carbonyl (C=O) groups is 1. The van der Waals surface area contributed by atoms with Gasteiger partial charge in [-0.15, -0.1) is 4.58 Å². The summed E-state index contributed by atoms with van der Waals surface area (Å²) in [6.07, 6.45) is 3.36. The Morgan fingerprint density at radius 3 is 2.76 bits per heavy atom. The summed E-state index contributed by atoms with van der Waals surface area (Å²) in [6, 6.07) is 0.284. The smallest absolute Gasteiger partial charge is 0.389 e. The summed E-state index contributed by atoms with van der Waals surface area (Å²) in [6.45, 7) is 8.34. The molecular weight excluding hydrogens is 234 g/mol. The number of hydrogen-bond acceptors (Lipinski definition) is 3. The molecular formula is C12H22NO3Si+. The first kappa shape index (κ1) is 12.8. The number of piperidine rings is 1. The first-order valence-corrected chi connectivity index (χ1v) is 9.78. The van der Waals surface area contributed by atoms with Crippen molar-refractivity contribution in [2.24, 2.45) is 0 Å². The lowest BCUT2D eigenvalue weighted by atomic mass is 9.99. The zero-order valence-corrected chi connectivity index (χ0v) is 12.2. The summed E-state index contributed by atoms with van der Waals surface area (Å²) in [5.74, 6) is 0.916. The van der Waals surface area contributed by atoms with E-state index in [1.165, 1.54) is 0 Å². The van der Waals surface area contributed by atoms with Gasteiger partial charge in [0, 0.05) is 6.42 Å². The number of rotatable bonds is 2. The molecule has 2 atom stereocenters. The molecule has 2 aliphatic rings. The average molecular weight is 256 g/mol. The molecule has 0 aromatic rings. The molecule has 2 heterocycles. The normalized spacial score (nSPS) is 30.0. The number of hydrogen-bond donors (Lipinski definition) is 0. The van der Waals surface area contributed by atoms with E-state index in [9.17, 15) is 4.79 Å². The molecule has 1 saturated heterocycles. The minimum absolute atomic E-state index is 0.159. The van der Waals surface area contributed by atoms with Crippen LogP contribution in [0.25, 0.3) is 0 Å². The van der Waals surface area contributed by atoms with Crippen LogP contribution in [0.4, 0.5) is 0 Å². The fraction of sp³-hybridized carbons (Fsp3) is 0.833. The molecule has 2 rings (SSSR count). The Bertz CT molecular complexity index is 359. The van der Waals surface area contributed by atoms with Gasteiger partial charge in [-0.05, 0) is 26.1 Å². The standard InChI is InChI=1S/C12H22NO3Si/c1-9-13-10(6-5-7-11(13)14)8-12(15-9)16-17(2,3)4/h10,12H,5-8H2,1-4H3/q+1. The van der Waals surface area contributed by atoms with Crippen LogP contribution in [0.1, 0.15) is 32.6 Å². The van der Waals surface area contributed by atoms with Gasteiger partial charge < -0.3 is 9.16 Å². The van der Waals surface area contributed by atoms with Crippen molar-refractivity contribution in [2.75, 3.05) is 0 Å². The van der Waals surface area contributed by atoms with Gasteiger partial charge in [0.15, 0.2) is 14.4 Å². The third-order valence-corrected chi connectivity index (χ3v) is 4.12. The fourth-order valence-electron chi connectivity index (χ4n) is 2.58. The predicted molar refractivity (Wildman–Crippen MR) is 67.5 cm³/mol. The summed E-state index contributed by atoms with van der Waals surface area (Å²) >= 11 is 0. The third kappa shape index (κ3) is 2.96. The van der Waals surface area contributed by atoms with E-state index < -0.39 is 8.32 Å². The van der Waals surface area contributed by atoms with Gasteiger partial charge in [0.05, 0.1) is 19.8 Å². The average Bonchev–Trinajstić information content (AvgIpc) is 2.13. The quantitative estimate of drug-likeness (QED) is 0.561. The van der Waals surface area contributed by atoms with Gasteiger partial charge in [-0.2, -0.15) is 0 Å². The maximum atomic E-state index is 11.8. The van der Waals surface area contributed by atoms with Gasteiger partial charge in [0.25, 0.3) is 0 Å². The van der Waals surface area contributed by atoms with Crippen LogP contribution < -0.4 is 0 Å². The van der Waals surface area contributed by atoms with E-state index in [1.807, 2.05) is 11.5 Å².